The molecule has 1 aromatic rings. The van der Waals surface area contributed by atoms with Gasteiger partial charge in [0.15, 0.2) is 10.0 Å². The van der Waals surface area contributed by atoms with Crippen LogP contribution in [0.5, 0.6) is 0 Å². The fraction of sp³-hybridized carbons (Fsp3) is 0.667. The zero-order valence-electron chi connectivity index (χ0n) is 13.8. The topological polar surface area (TPSA) is 106 Å². The molecule has 3 N–H and O–H groups in total. The first-order chi connectivity index (χ1) is 11.4. The van der Waals surface area contributed by atoms with Crippen LogP contribution < -0.4 is 5.73 Å². The van der Waals surface area contributed by atoms with Crippen LogP contribution in [-0.2, 0) is 9.53 Å². The third-order valence-corrected chi connectivity index (χ3v) is 6.17. The molecule has 0 radical (unpaired) electrons. The van der Waals surface area contributed by atoms with Crippen LogP contribution in [0.4, 0.5) is 0 Å². The van der Waals surface area contributed by atoms with Crippen molar-refractivity contribution in [3.63, 3.8) is 0 Å². The van der Waals surface area contributed by atoms with Crippen molar-refractivity contribution >= 4 is 35.0 Å². The number of thioether (sulfide) groups is 1. The van der Waals surface area contributed by atoms with Crippen LogP contribution in [0.2, 0.25) is 0 Å². The minimum Gasteiger partial charge on any atom is -0.476 e. The number of rotatable bonds is 9. The molecule has 134 valence electrons. The summed E-state index contributed by atoms with van der Waals surface area (Å²) in [6, 6.07) is -0.0750. The van der Waals surface area contributed by atoms with Crippen molar-refractivity contribution < 1.29 is 19.4 Å². The van der Waals surface area contributed by atoms with E-state index in [1.54, 1.807) is 7.11 Å². The van der Waals surface area contributed by atoms with E-state index in [0.29, 0.717) is 29.7 Å². The largest absolute Gasteiger partial charge is 0.476 e. The first-order valence-electron chi connectivity index (χ1n) is 7.79. The van der Waals surface area contributed by atoms with E-state index in [2.05, 4.69) is 4.98 Å². The van der Waals surface area contributed by atoms with Gasteiger partial charge >= 0.3 is 5.97 Å². The molecule has 1 aromatic heterocycles. The van der Waals surface area contributed by atoms with E-state index >= 15 is 0 Å². The normalized spacial score (nSPS) is 20.4. The zero-order chi connectivity index (χ0) is 17.7. The highest BCUT2D eigenvalue weighted by molar-refractivity contribution is 8.01. The van der Waals surface area contributed by atoms with E-state index in [1.807, 2.05) is 11.8 Å². The summed E-state index contributed by atoms with van der Waals surface area (Å²) in [5.41, 5.74) is 6.39. The number of amides is 1. The fourth-order valence-corrected chi connectivity index (χ4v) is 4.66. The lowest BCUT2D eigenvalue weighted by atomic mass is 9.94. The van der Waals surface area contributed by atoms with Crippen molar-refractivity contribution in [2.24, 2.45) is 11.7 Å². The van der Waals surface area contributed by atoms with Gasteiger partial charge in [0, 0.05) is 43.3 Å². The molecule has 3 atom stereocenters. The Kier molecular flexibility index (Phi) is 7.02. The van der Waals surface area contributed by atoms with Gasteiger partial charge in [-0.05, 0) is 12.3 Å². The van der Waals surface area contributed by atoms with Crippen molar-refractivity contribution in [3.8, 4) is 0 Å². The Morgan fingerprint density at radius 2 is 2.42 bits per heavy atom. The van der Waals surface area contributed by atoms with Gasteiger partial charge in [-0.3, -0.25) is 4.79 Å². The first kappa shape index (κ1) is 19.2. The summed E-state index contributed by atoms with van der Waals surface area (Å²) < 4.78 is 5.87. The van der Waals surface area contributed by atoms with Crippen LogP contribution in [0.25, 0.3) is 0 Å². The number of aromatic nitrogens is 1. The van der Waals surface area contributed by atoms with Gasteiger partial charge in [0.1, 0.15) is 0 Å². The molecule has 0 spiro atoms. The lowest BCUT2D eigenvalue weighted by Gasteiger charge is -2.32. The lowest BCUT2D eigenvalue weighted by molar-refractivity contribution is -0.129. The van der Waals surface area contributed by atoms with Crippen LogP contribution in [0.15, 0.2) is 9.72 Å². The number of hydrogen-bond acceptors (Lipinski definition) is 7. The Bertz CT molecular complexity index is 581. The Morgan fingerprint density at radius 1 is 1.67 bits per heavy atom. The number of hydrogen-bond donors (Lipinski definition) is 2. The molecule has 1 amide bonds. The molecule has 9 heteroatoms. The van der Waals surface area contributed by atoms with E-state index in [4.69, 9.17) is 15.6 Å². The van der Waals surface area contributed by atoms with Crippen LogP contribution in [0.1, 0.15) is 30.3 Å². The summed E-state index contributed by atoms with van der Waals surface area (Å²) in [6.07, 6.45) is 1.31. The summed E-state index contributed by atoms with van der Waals surface area (Å²) in [4.78, 5) is 28.9. The molecule has 1 aliphatic heterocycles. The molecule has 0 aromatic carbocycles. The Hall–Kier alpha value is -1.16. The quantitative estimate of drug-likeness (QED) is 0.632. The SMILES string of the molecule is COCC(C)C(N)[C@H]1CCC(=O)N1CCSc1nc(C(=O)O)cs1. The van der Waals surface area contributed by atoms with Crippen molar-refractivity contribution in [2.75, 3.05) is 26.0 Å². The molecule has 1 aliphatic rings. The van der Waals surface area contributed by atoms with Crippen LogP contribution >= 0.6 is 23.1 Å². The first-order valence-corrected chi connectivity index (χ1v) is 9.66. The number of aromatic carboxylic acids is 1. The summed E-state index contributed by atoms with van der Waals surface area (Å²) in [6.45, 7) is 3.20. The number of carbonyl (C=O) groups excluding carboxylic acids is 1. The maximum absolute atomic E-state index is 12.1. The molecule has 0 saturated carbocycles. The summed E-state index contributed by atoms with van der Waals surface area (Å²) in [7, 11) is 1.65. The summed E-state index contributed by atoms with van der Waals surface area (Å²) >= 11 is 2.77. The van der Waals surface area contributed by atoms with E-state index in [9.17, 15) is 9.59 Å². The Balaban J connectivity index is 1.88. The van der Waals surface area contributed by atoms with E-state index in [0.717, 1.165) is 6.42 Å². The summed E-state index contributed by atoms with van der Waals surface area (Å²) in [5.74, 6) is -0.0460. The third kappa shape index (κ3) is 4.69. The van der Waals surface area contributed by atoms with E-state index in [-0.39, 0.29) is 29.6 Å². The van der Waals surface area contributed by atoms with Gasteiger partial charge < -0.3 is 20.5 Å². The van der Waals surface area contributed by atoms with Crippen molar-refractivity contribution in [1.29, 1.82) is 0 Å². The number of likely N-dealkylation sites (tertiary alicyclic amines) is 1. The highest BCUT2D eigenvalue weighted by Crippen LogP contribution is 2.27. The highest BCUT2D eigenvalue weighted by atomic mass is 32.2. The number of carboxylic acid groups (broad SMARTS) is 1. The number of thiazole rings is 1. The summed E-state index contributed by atoms with van der Waals surface area (Å²) in [5, 5.41) is 10.4. The van der Waals surface area contributed by atoms with Crippen molar-refractivity contribution in [1.82, 2.24) is 9.88 Å². The number of methoxy groups -OCH3 is 1. The van der Waals surface area contributed by atoms with Gasteiger partial charge in [-0.25, -0.2) is 9.78 Å². The Labute approximate surface area is 149 Å². The van der Waals surface area contributed by atoms with Crippen molar-refractivity contribution in [2.45, 2.75) is 36.2 Å². The monoisotopic (exact) mass is 373 g/mol. The molecular formula is C15H23N3O4S2. The maximum atomic E-state index is 12.1. The average Bonchev–Trinajstić information content (AvgIpc) is 3.15. The second kappa shape index (κ2) is 8.80. The van der Waals surface area contributed by atoms with Crippen molar-refractivity contribution in [3.05, 3.63) is 11.1 Å². The lowest BCUT2D eigenvalue weighted by Crippen LogP contribution is -2.50. The van der Waals surface area contributed by atoms with Gasteiger partial charge in [-0.1, -0.05) is 18.7 Å². The minimum absolute atomic E-state index is 0.0362. The predicted molar refractivity (Wildman–Crippen MR) is 93.5 cm³/mol. The van der Waals surface area contributed by atoms with Gasteiger partial charge in [0.2, 0.25) is 5.91 Å². The number of carboxylic acids is 1. The fourth-order valence-electron chi connectivity index (χ4n) is 2.85. The molecule has 0 aliphatic carbocycles. The van der Waals surface area contributed by atoms with Crippen LogP contribution in [0, 0.1) is 5.92 Å². The van der Waals surface area contributed by atoms with Crippen LogP contribution in [-0.4, -0.2) is 65.0 Å². The smallest absolute Gasteiger partial charge is 0.355 e. The number of carbonyl (C=O) groups is 2. The maximum Gasteiger partial charge on any atom is 0.355 e. The Morgan fingerprint density at radius 3 is 3.04 bits per heavy atom. The molecule has 1 saturated heterocycles. The highest BCUT2D eigenvalue weighted by Gasteiger charge is 2.36. The minimum atomic E-state index is -1.02. The van der Waals surface area contributed by atoms with Gasteiger partial charge in [0.05, 0.1) is 6.61 Å². The molecule has 2 rings (SSSR count). The molecule has 7 nitrogen and oxygen atoms in total. The third-order valence-electron chi connectivity index (χ3n) is 4.17. The molecule has 1 fully saturated rings. The van der Waals surface area contributed by atoms with Gasteiger partial charge in [-0.15, -0.1) is 11.3 Å². The van der Waals surface area contributed by atoms with Gasteiger partial charge in [-0.2, -0.15) is 0 Å². The van der Waals surface area contributed by atoms with Gasteiger partial charge in [0.25, 0.3) is 0 Å². The number of nitrogens with two attached hydrogens (primary N) is 1. The molecule has 0 bridgehead atoms. The molecule has 2 unspecified atom stereocenters. The number of nitrogens with zero attached hydrogens (tertiary/aromatic N) is 2. The second-order valence-electron chi connectivity index (χ2n) is 5.86. The molecular weight excluding hydrogens is 350 g/mol. The predicted octanol–water partition coefficient (Wildman–Crippen LogP) is 1.53. The number of ether oxygens (including phenoxy) is 1. The zero-order valence-corrected chi connectivity index (χ0v) is 15.4. The second-order valence-corrected chi connectivity index (χ2v) is 8.06. The molecule has 24 heavy (non-hydrogen) atoms. The van der Waals surface area contributed by atoms with Crippen LogP contribution in [0.3, 0.4) is 0 Å². The van der Waals surface area contributed by atoms with E-state index < -0.39 is 5.97 Å². The average molecular weight is 374 g/mol. The molecule has 2 heterocycles. The standard InChI is InChI=1S/C15H23N3O4S2/c1-9(7-22-2)13(16)11-3-4-12(19)18(11)5-6-23-15-17-10(8-24-15)14(20)21/h8-9,11,13H,3-7,16H2,1-2H3,(H,20,21)/t9?,11-,13?/m1/s1. The van der Waals surface area contributed by atoms with E-state index in [1.165, 1.54) is 28.5 Å².